The molecule has 6 rings (SSSR count). The average Bonchev–Trinajstić information content (AvgIpc) is 3.40. The van der Waals surface area contributed by atoms with E-state index in [0.717, 1.165) is 26.2 Å². The first-order chi connectivity index (χ1) is 36.2. The third-order valence-electron chi connectivity index (χ3n) is 14.0. The molecule has 30 atom stereocenters. The van der Waals surface area contributed by atoms with E-state index >= 15 is 0 Å². The number of aliphatic hydroxyl groups excluding tert-OH is 17. The third kappa shape index (κ3) is 13.9. The van der Waals surface area contributed by atoms with Crippen LogP contribution >= 0.6 is 0 Å². The lowest BCUT2D eigenvalue weighted by molar-refractivity contribution is -0.393. The zero-order chi connectivity index (χ0) is 55.9. The molecule has 76 heavy (non-hydrogen) atoms. The molecule has 0 spiro atoms. The van der Waals surface area contributed by atoms with Gasteiger partial charge < -0.3 is 149 Å². The topological polar surface area (TPSA) is 484 Å². The van der Waals surface area contributed by atoms with Crippen LogP contribution in [0.4, 0.5) is 0 Å². The molecule has 0 saturated carbocycles. The molecule has 0 bridgehead atoms. The summed E-state index contributed by atoms with van der Waals surface area (Å²) in [5, 5.41) is 187. The van der Waals surface area contributed by atoms with Crippen molar-refractivity contribution in [2.45, 2.75) is 224 Å². The lowest BCUT2D eigenvalue weighted by Crippen LogP contribution is -2.70. The second-order valence-electron chi connectivity index (χ2n) is 19.3. The number of aliphatic hydroxyl groups is 17. The van der Waals surface area contributed by atoms with Crippen LogP contribution in [0.3, 0.4) is 0 Å². The Balaban J connectivity index is 1.20. The smallest absolute Gasteiger partial charge is 0.217 e. The molecule has 31 heteroatoms. The molecule has 6 heterocycles. The molecule has 0 radical (unpaired) electrons. The second-order valence-corrected chi connectivity index (χ2v) is 19.3. The van der Waals surface area contributed by atoms with Crippen LogP contribution < -0.4 is 5.32 Å². The maximum absolute atomic E-state index is 12.8. The Bertz CT molecular complexity index is 1800. The summed E-state index contributed by atoms with van der Waals surface area (Å²) in [4.78, 5) is 12.8. The van der Waals surface area contributed by atoms with E-state index in [9.17, 15) is 91.6 Å². The first kappa shape index (κ1) is 63.1. The number of terminal acetylenes is 1. The summed E-state index contributed by atoms with van der Waals surface area (Å²) in [6, 6.07) is -1.81. The molecule has 1 amide bonds. The van der Waals surface area contributed by atoms with Crippen molar-refractivity contribution in [1.29, 1.82) is 0 Å². The van der Waals surface area contributed by atoms with Crippen molar-refractivity contribution in [2.24, 2.45) is 0 Å². The van der Waals surface area contributed by atoms with Crippen molar-refractivity contribution in [3.63, 3.8) is 0 Å². The van der Waals surface area contributed by atoms with Gasteiger partial charge in [-0.3, -0.25) is 4.79 Å². The van der Waals surface area contributed by atoms with Gasteiger partial charge >= 0.3 is 0 Å². The number of amides is 1. The third-order valence-corrected chi connectivity index (χ3v) is 14.0. The van der Waals surface area contributed by atoms with E-state index in [1.165, 1.54) is 0 Å². The molecule has 0 aliphatic carbocycles. The lowest BCUT2D eigenvalue weighted by atomic mass is 9.94. The van der Waals surface area contributed by atoms with Gasteiger partial charge in [0, 0.05) is 13.5 Å². The highest BCUT2D eigenvalue weighted by Crippen LogP contribution is 2.37. The van der Waals surface area contributed by atoms with Crippen LogP contribution in [0.5, 0.6) is 0 Å². The van der Waals surface area contributed by atoms with E-state index in [0.29, 0.717) is 6.42 Å². The number of hydrogen-bond donors (Lipinski definition) is 18. The molecule has 6 saturated heterocycles. The Morgan fingerprint density at radius 2 is 0.855 bits per heavy atom. The maximum atomic E-state index is 12.8. The number of hydrogen-bond acceptors (Lipinski definition) is 30. The highest BCUT2D eigenvalue weighted by Gasteiger charge is 2.58. The van der Waals surface area contributed by atoms with Crippen LogP contribution in [-0.4, -0.2) is 317 Å². The van der Waals surface area contributed by atoms with Crippen LogP contribution in [0, 0.1) is 12.3 Å². The highest BCUT2D eigenvalue weighted by atomic mass is 16.8. The van der Waals surface area contributed by atoms with E-state index in [1.54, 1.807) is 0 Å². The lowest BCUT2D eigenvalue weighted by Gasteiger charge is -2.51. The van der Waals surface area contributed by atoms with Gasteiger partial charge in [0.1, 0.15) is 146 Å². The van der Waals surface area contributed by atoms with E-state index in [-0.39, 0.29) is 6.61 Å². The molecule has 6 aliphatic rings. The normalized spacial score (nSPS) is 48.2. The fraction of sp³-hybridized carbons (Fsp3) is 0.933. The van der Waals surface area contributed by atoms with Gasteiger partial charge in [0.15, 0.2) is 37.7 Å². The van der Waals surface area contributed by atoms with Crippen LogP contribution in [0.25, 0.3) is 0 Å². The fourth-order valence-corrected chi connectivity index (χ4v) is 9.66. The summed E-state index contributed by atoms with van der Waals surface area (Å²) >= 11 is 0. The Labute approximate surface area is 434 Å². The van der Waals surface area contributed by atoms with Gasteiger partial charge in [-0.1, -0.05) is 32.1 Å². The molecule has 18 N–H and O–H groups in total. The molecule has 440 valence electrons. The Morgan fingerprint density at radius 3 is 1.41 bits per heavy atom. The van der Waals surface area contributed by atoms with Crippen molar-refractivity contribution in [1.82, 2.24) is 5.32 Å². The number of ether oxygens (including phenoxy) is 12. The maximum Gasteiger partial charge on any atom is 0.217 e. The molecule has 0 aromatic heterocycles. The van der Waals surface area contributed by atoms with Gasteiger partial charge in [-0.25, -0.2) is 0 Å². The predicted molar refractivity (Wildman–Crippen MR) is 240 cm³/mol. The quantitative estimate of drug-likeness (QED) is 0.0354. The van der Waals surface area contributed by atoms with E-state index < -0.39 is 223 Å². The van der Waals surface area contributed by atoms with Gasteiger partial charge in [0.05, 0.1) is 33.0 Å². The van der Waals surface area contributed by atoms with Crippen molar-refractivity contribution in [2.75, 3.05) is 39.6 Å². The minimum absolute atomic E-state index is 0.163. The minimum Gasteiger partial charge on any atom is -0.394 e. The Kier molecular flexibility index (Phi) is 23.7. The van der Waals surface area contributed by atoms with E-state index in [1.807, 2.05) is 12.8 Å². The summed E-state index contributed by atoms with van der Waals surface area (Å²) in [6.45, 7) is -1.62. The summed E-state index contributed by atoms with van der Waals surface area (Å²) in [5.74, 6) is 1.17. The van der Waals surface area contributed by atoms with Gasteiger partial charge in [-0.2, -0.15) is 0 Å². The van der Waals surface area contributed by atoms with Crippen molar-refractivity contribution in [3.05, 3.63) is 0 Å². The summed E-state index contributed by atoms with van der Waals surface area (Å²) in [6.07, 6.45) is -45.7. The number of rotatable bonds is 22. The largest absolute Gasteiger partial charge is 0.394 e. The van der Waals surface area contributed by atoms with Crippen LogP contribution in [0.2, 0.25) is 0 Å². The van der Waals surface area contributed by atoms with Crippen LogP contribution in [-0.2, 0) is 61.6 Å². The zero-order valence-corrected chi connectivity index (χ0v) is 41.4. The van der Waals surface area contributed by atoms with E-state index in [2.05, 4.69) is 5.32 Å². The van der Waals surface area contributed by atoms with Crippen molar-refractivity contribution >= 4 is 5.91 Å². The molecular formula is C45H75NO30. The predicted octanol–water partition coefficient (Wildman–Crippen LogP) is -10.7. The Morgan fingerprint density at radius 1 is 0.434 bits per heavy atom. The van der Waals surface area contributed by atoms with Crippen molar-refractivity contribution < 1.29 is 148 Å². The molecule has 0 aromatic rings. The zero-order valence-electron chi connectivity index (χ0n) is 41.4. The summed E-state index contributed by atoms with van der Waals surface area (Å²) < 4.78 is 69.1. The molecule has 6 aliphatic heterocycles. The molecule has 6 fully saturated rings. The Hall–Kier alpha value is -2.13. The standard InChI is InChI=1S/C45H75NO30/c1-4-6-7-8-9-65-41-32(62)29(59)35(20(13-50)70-41)72-43-33(63)30(60)36(21(14-51)71-43)73-44-34(64)38(26(56)19(12-49)68-44)75-40-22(46-15(3)52)37(25(55)18(11-48)67-40)74-45-39(28(58)24(54)17(10-47)69-45)76-42-31(61)27(57)23(53)16(5-2)66-42/h2,16-45,47-51,53-64H,4,6-14H2,1,3H3,(H,46,52)/t16?,17?,18?,19?,20?,21?,22?,23-,24+,25+,26+,27+,28+,29-,30-,31?,32?,33?,34?,35-,36+,37-,38+,39?,40+,41-,42+,43+,44-,45+/m1/s1. The summed E-state index contributed by atoms with van der Waals surface area (Å²) in [7, 11) is 0. The van der Waals surface area contributed by atoms with Crippen LogP contribution in [0.15, 0.2) is 0 Å². The highest BCUT2D eigenvalue weighted by molar-refractivity contribution is 5.73. The number of carbonyl (C=O) groups is 1. The number of nitrogens with one attached hydrogen (secondary N) is 1. The molecule has 0 aromatic carbocycles. The van der Waals surface area contributed by atoms with Gasteiger partial charge in [0.25, 0.3) is 0 Å². The van der Waals surface area contributed by atoms with Gasteiger partial charge in [-0.15, -0.1) is 6.42 Å². The minimum atomic E-state index is -2.22. The van der Waals surface area contributed by atoms with Gasteiger partial charge in [0.2, 0.25) is 5.91 Å². The number of unbranched alkanes of at least 4 members (excludes halogenated alkanes) is 3. The summed E-state index contributed by atoms with van der Waals surface area (Å²) in [5.41, 5.74) is 0. The molecule has 12 unspecified atom stereocenters. The number of carbonyl (C=O) groups excluding carboxylic acids is 1. The van der Waals surface area contributed by atoms with Crippen LogP contribution in [0.1, 0.15) is 39.5 Å². The second kappa shape index (κ2) is 28.5. The van der Waals surface area contributed by atoms with Crippen molar-refractivity contribution in [3.8, 4) is 12.3 Å². The fourth-order valence-electron chi connectivity index (χ4n) is 9.66. The molecule has 31 nitrogen and oxygen atoms in total. The van der Waals surface area contributed by atoms with E-state index in [4.69, 9.17) is 63.3 Å². The van der Waals surface area contributed by atoms with Gasteiger partial charge in [-0.05, 0) is 6.42 Å². The first-order valence-corrected chi connectivity index (χ1v) is 25.0. The monoisotopic (exact) mass is 1110 g/mol. The SMILES string of the molecule is C#CC1O[C@@H](OC2[C@H](O[C@@H]3C(NC(C)=O)[C@H](O[C@@H]4C(O)[C@@H](O[C@H]5C(CO)O[C@@H](O[C@@H]6C(CO)O[C@@H](OCCCCCC)C(O)[C@H]6O)C(O)[C@H]5O)OC(CO)[C@@H]4O)OC(CO)[C@@H]3O)OC(CO)[C@H](O)[C@@H]2O)C(O)[C@@H](O)[C@@H]1O. The average molecular weight is 1110 g/mol. The molecular weight excluding hydrogens is 1030 g/mol. The first-order valence-electron chi connectivity index (χ1n) is 25.0.